The van der Waals surface area contributed by atoms with Crippen LogP contribution in [0.4, 0.5) is 4.79 Å². The van der Waals surface area contributed by atoms with Crippen LogP contribution < -0.4 is 10.6 Å². The Balaban J connectivity index is 2.11. The van der Waals surface area contributed by atoms with Crippen molar-refractivity contribution in [3.05, 3.63) is 0 Å². The number of urea groups is 1. The van der Waals surface area contributed by atoms with E-state index in [0.29, 0.717) is 19.0 Å². The fourth-order valence-electron chi connectivity index (χ4n) is 2.56. The highest BCUT2D eigenvalue weighted by Gasteiger charge is 2.19. The average molecular weight is 285 g/mol. The summed E-state index contributed by atoms with van der Waals surface area (Å²) in [5.74, 6) is -1.38. The predicted molar refractivity (Wildman–Crippen MR) is 77.7 cm³/mol. The molecule has 116 valence electrons. The minimum Gasteiger partial charge on any atom is -0.481 e. The van der Waals surface area contributed by atoms with E-state index in [2.05, 4.69) is 22.6 Å². The number of hydrogen-bond acceptors (Lipinski definition) is 3. The Morgan fingerprint density at radius 2 is 1.95 bits per heavy atom. The van der Waals surface area contributed by atoms with Gasteiger partial charge in [-0.25, -0.2) is 4.79 Å². The summed E-state index contributed by atoms with van der Waals surface area (Å²) in [7, 11) is 2.09. The molecule has 1 rings (SSSR count). The third-order valence-corrected chi connectivity index (χ3v) is 4.05. The molecule has 1 fully saturated rings. The number of carboxylic acids is 1. The smallest absolute Gasteiger partial charge is 0.314 e. The van der Waals surface area contributed by atoms with Crippen LogP contribution in [0.25, 0.3) is 0 Å². The summed E-state index contributed by atoms with van der Waals surface area (Å²) in [6.07, 6.45) is 5.62. The summed E-state index contributed by atoms with van der Waals surface area (Å²) in [5, 5.41) is 14.3. The Bertz CT molecular complexity index is 317. The van der Waals surface area contributed by atoms with Crippen LogP contribution in [0.2, 0.25) is 0 Å². The number of hydrogen-bond donors (Lipinski definition) is 3. The molecule has 0 aromatic heterocycles. The molecule has 0 heterocycles. The van der Waals surface area contributed by atoms with Crippen molar-refractivity contribution in [2.24, 2.45) is 5.92 Å². The number of rotatable bonds is 8. The Morgan fingerprint density at radius 3 is 2.50 bits per heavy atom. The van der Waals surface area contributed by atoms with Crippen LogP contribution in [-0.2, 0) is 4.79 Å². The summed E-state index contributed by atoms with van der Waals surface area (Å²) in [6.45, 7) is 3.39. The predicted octanol–water partition coefficient (Wildman–Crippen LogP) is 1.27. The molecule has 20 heavy (non-hydrogen) atoms. The van der Waals surface area contributed by atoms with Crippen LogP contribution in [-0.4, -0.2) is 54.7 Å². The first-order valence-electron chi connectivity index (χ1n) is 7.49. The van der Waals surface area contributed by atoms with Gasteiger partial charge in [0.1, 0.15) is 0 Å². The second-order valence-corrected chi connectivity index (χ2v) is 5.50. The van der Waals surface area contributed by atoms with Gasteiger partial charge in [0.25, 0.3) is 0 Å². The lowest BCUT2D eigenvalue weighted by Crippen LogP contribution is -2.43. The molecule has 0 aromatic rings. The fraction of sp³-hybridized carbons (Fsp3) is 0.857. The quantitative estimate of drug-likeness (QED) is 0.627. The van der Waals surface area contributed by atoms with Crippen LogP contribution in [0.1, 0.15) is 39.0 Å². The van der Waals surface area contributed by atoms with E-state index < -0.39 is 11.9 Å². The second kappa shape index (κ2) is 8.79. The Hall–Kier alpha value is -1.30. The molecule has 0 spiro atoms. The largest absolute Gasteiger partial charge is 0.481 e. The second-order valence-electron chi connectivity index (χ2n) is 5.50. The molecule has 1 saturated carbocycles. The Labute approximate surface area is 120 Å². The summed E-state index contributed by atoms with van der Waals surface area (Å²) in [4.78, 5) is 24.7. The van der Waals surface area contributed by atoms with Gasteiger partial charge in [-0.2, -0.15) is 0 Å². The van der Waals surface area contributed by atoms with Gasteiger partial charge in [-0.3, -0.25) is 4.79 Å². The molecule has 0 bridgehead atoms. The van der Waals surface area contributed by atoms with Gasteiger partial charge in [0.15, 0.2) is 0 Å². The number of carbonyl (C=O) groups excluding carboxylic acids is 1. The van der Waals surface area contributed by atoms with Crippen molar-refractivity contribution in [2.45, 2.75) is 45.1 Å². The number of amides is 2. The highest BCUT2D eigenvalue weighted by Crippen LogP contribution is 2.21. The lowest BCUT2D eigenvalue weighted by Gasteiger charge is -2.24. The average Bonchev–Trinajstić information content (AvgIpc) is 2.92. The number of nitrogens with one attached hydrogen (secondary N) is 2. The van der Waals surface area contributed by atoms with Gasteiger partial charge in [0.05, 0.1) is 5.92 Å². The van der Waals surface area contributed by atoms with Gasteiger partial charge in [-0.15, -0.1) is 0 Å². The third-order valence-electron chi connectivity index (χ3n) is 4.05. The van der Waals surface area contributed by atoms with Gasteiger partial charge in [0.2, 0.25) is 0 Å². The molecule has 0 radical (unpaired) electrons. The highest BCUT2D eigenvalue weighted by atomic mass is 16.4. The monoisotopic (exact) mass is 285 g/mol. The molecule has 3 N–H and O–H groups in total. The standard InChI is InChI=1S/C14H27N3O3/c1-3-11(13(18)19)10-16-14(20)15-8-9-17(2)12-6-4-5-7-12/h11-12H,3-10H2,1-2H3,(H,18,19)(H2,15,16,20). The lowest BCUT2D eigenvalue weighted by atomic mass is 10.1. The van der Waals surface area contributed by atoms with Gasteiger partial charge >= 0.3 is 12.0 Å². The van der Waals surface area contributed by atoms with Gasteiger partial charge in [-0.1, -0.05) is 19.8 Å². The van der Waals surface area contributed by atoms with E-state index in [9.17, 15) is 9.59 Å². The van der Waals surface area contributed by atoms with E-state index in [0.717, 1.165) is 6.54 Å². The number of aliphatic carboxylic acids is 1. The summed E-state index contributed by atoms with van der Waals surface area (Å²) in [5.41, 5.74) is 0. The zero-order valence-electron chi connectivity index (χ0n) is 12.5. The Morgan fingerprint density at radius 1 is 1.30 bits per heavy atom. The Kier molecular flexibility index (Phi) is 7.36. The zero-order valence-corrected chi connectivity index (χ0v) is 12.5. The van der Waals surface area contributed by atoms with E-state index in [1.807, 2.05) is 0 Å². The van der Waals surface area contributed by atoms with Crippen LogP contribution in [0.5, 0.6) is 0 Å². The van der Waals surface area contributed by atoms with Crippen molar-refractivity contribution in [3.63, 3.8) is 0 Å². The number of nitrogens with zero attached hydrogens (tertiary/aromatic N) is 1. The van der Waals surface area contributed by atoms with Crippen molar-refractivity contribution in [1.82, 2.24) is 15.5 Å². The molecule has 0 aromatic carbocycles. The molecule has 1 atom stereocenters. The fourth-order valence-corrected chi connectivity index (χ4v) is 2.56. The molecular weight excluding hydrogens is 258 g/mol. The number of carboxylic acid groups (broad SMARTS) is 1. The summed E-state index contributed by atoms with van der Waals surface area (Å²) < 4.78 is 0. The number of carbonyl (C=O) groups is 2. The minimum atomic E-state index is -0.867. The summed E-state index contributed by atoms with van der Waals surface area (Å²) >= 11 is 0. The molecule has 1 aliphatic carbocycles. The van der Waals surface area contributed by atoms with E-state index >= 15 is 0 Å². The summed E-state index contributed by atoms with van der Waals surface area (Å²) in [6, 6.07) is 0.362. The first kappa shape index (κ1) is 16.8. The lowest BCUT2D eigenvalue weighted by molar-refractivity contribution is -0.141. The van der Waals surface area contributed by atoms with Crippen LogP contribution in [0.3, 0.4) is 0 Å². The molecule has 1 unspecified atom stereocenters. The molecule has 1 aliphatic rings. The van der Waals surface area contributed by atoms with Crippen molar-refractivity contribution in [3.8, 4) is 0 Å². The third kappa shape index (κ3) is 5.77. The van der Waals surface area contributed by atoms with Crippen LogP contribution >= 0.6 is 0 Å². The van der Waals surface area contributed by atoms with Gasteiger partial charge in [-0.05, 0) is 26.3 Å². The van der Waals surface area contributed by atoms with Crippen molar-refractivity contribution >= 4 is 12.0 Å². The topological polar surface area (TPSA) is 81.7 Å². The van der Waals surface area contributed by atoms with Crippen LogP contribution in [0, 0.1) is 5.92 Å². The van der Waals surface area contributed by atoms with Crippen molar-refractivity contribution in [1.29, 1.82) is 0 Å². The molecule has 0 saturated heterocycles. The minimum absolute atomic E-state index is 0.177. The zero-order chi connectivity index (χ0) is 15.0. The maximum Gasteiger partial charge on any atom is 0.314 e. The van der Waals surface area contributed by atoms with E-state index in [1.165, 1.54) is 25.7 Å². The number of likely N-dealkylation sites (N-methyl/N-ethyl adjacent to an activating group) is 1. The van der Waals surface area contributed by atoms with Crippen molar-refractivity contribution < 1.29 is 14.7 Å². The molecule has 0 aliphatic heterocycles. The van der Waals surface area contributed by atoms with E-state index in [-0.39, 0.29) is 12.6 Å². The molecule has 2 amide bonds. The first-order chi connectivity index (χ1) is 9.54. The van der Waals surface area contributed by atoms with E-state index in [4.69, 9.17) is 5.11 Å². The molecule has 6 heteroatoms. The van der Waals surface area contributed by atoms with Crippen LogP contribution in [0.15, 0.2) is 0 Å². The SMILES string of the molecule is CCC(CNC(=O)NCCN(C)C1CCCC1)C(=O)O. The first-order valence-corrected chi connectivity index (χ1v) is 7.49. The maximum atomic E-state index is 11.6. The van der Waals surface area contributed by atoms with E-state index in [1.54, 1.807) is 6.92 Å². The van der Waals surface area contributed by atoms with Crippen molar-refractivity contribution in [2.75, 3.05) is 26.7 Å². The molecular formula is C14H27N3O3. The van der Waals surface area contributed by atoms with Gasteiger partial charge < -0.3 is 20.6 Å². The van der Waals surface area contributed by atoms with Gasteiger partial charge in [0, 0.05) is 25.7 Å². The highest BCUT2D eigenvalue weighted by molar-refractivity contribution is 5.75. The molecule has 6 nitrogen and oxygen atoms in total. The maximum absolute atomic E-state index is 11.6. The normalized spacial score (nSPS) is 17.1.